The second-order valence-corrected chi connectivity index (χ2v) is 5.01. The van der Waals surface area contributed by atoms with Crippen molar-refractivity contribution in [3.05, 3.63) is 58.8 Å². The lowest BCUT2D eigenvalue weighted by Crippen LogP contribution is -2.09. The number of hydrogen-bond acceptors (Lipinski definition) is 3. The number of ether oxygens (including phenoxy) is 1. The maximum absolute atomic E-state index is 5.82. The average Bonchev–Trinajstić information content (AvgIpc) is 2.44. The summed E-state index contributed by atoms with van der Waals surface area (Å²) in [6, 6.07) is 12.5. The summed E-state index contributed by atoms with van der Waals surface area (Å²) in [6.45, 7) is 5.16. The number of aryl methyl sites for hydroxylation is 3. The predicted molar refractivity (Wildman–Crippen MR) is 81.9 cm³/mol. The first-order chi connectivity index (χ1) is 9.70. The zero-order chi connectivity index (χ0) is 14.4. The van der Waals surface area contributed by atoms with Gasteiger partial charge >= 0.3 is 0 Å². The van der Waals surface area contributed by atoms with Crippen LogP contribution in [0.25, 0.3) is 0 Å². The van der Waals surface area contributed by atoms with Gasteiger partial charge in [-0.25, -0.2) is 4.98 Å². The Hall–Kier alpha value is -1.87. The quantitative estimate of drug-likeness (QED) is 0.820. The van der Waals surface area contributed by atoms with E-state index in [2.05, 4.69) is 29.2 Å². The van der Waals surface area contributed by atoms with Crippen molar-refractivity contribution in [3.8, 4) is 5.88 Å². The van der Waals surface area contributed by atoms with E-state index in [0.29, 0.717) is 19.0 Å². The highest BCUT2D eigenvalue weighted by Gasteiger charge is 2.08. The first kappa shape index (κ1) is 14.5. The number of pyridine rings is 1. The van der Waals surface area contributed by atoms with Crippen molar-refractivity contribution >= 4 is 0 Å². The molecule has 0 aliphatic heterocycles. The zero-order valence-electron chi connectivity index (χ0n) is 12.2. The molecule has 3 nitrogen and oxygen atoms in total. The molecule has 1 aromatic heterocycles. The second-order valence-electron chi connectivity index (χ2n) is 5.01. The molecule has 2 N–H and O–H groups in total. The van der Waals surface area contributed by atoms with Crippen LogP contribution >= 0.6 is 0 Å². The molecule has 0 spiro atoms. The highest BCUT2D eigenvalue weighted by Crippen LogP contribution is 2.20. The standard InChI is InChI=1S/C17H22N2O/c1-13-11-14(2)19-17(16(13)12-18)20-10-6-9-15-7-4-3-5-8-15/h3-5,7-8,11H,6,9-10,12,18H2,1-2H3. The van der Waals surface area contributed by atoms with E-state index in [0.717, 1.165) is 29.7 Å². The Morgan fingerprint density at radius 2 is 1.90 bits per heavy atom. The summed E-state index contributed by atoms with van der Waals surface area (Å²) in [5.74, 6) is 0.693. The molecule has 1 aromatic carbocycles. The summed E-state index contributed by atoms with van der Waals surface area (Å²) in [6.07, 6.45) is 1.99. The molecule has 2 rings (SSSR count). The summed E-state index contributed by atoms with van der Waals surface area (Å²) in [5.41, 5.74) is 10.2. The van der Waals surface area contributed by atoms with Crippen molar-refractivity contribution < 1.29 is 4.74 Å². The van der Waals surface area contributed by atoms with Gasteiger partial charge in [0.15, 0.2) is 0 Å². The van der Waals surface area contributed by atoms with E-state index in [1.165, 1.54) is 5.56 Å². The molecule has 3 heteroatoms. The van der Waals surface area contributed by atoms with Crippen LogP contribution in [0.3, 0.4) is 0 Å². The fraction of sp³-hybridized carbons (Fsp3) is 0.353. The Morgan fingerprint density at radius 1 is 1.15 bits per heavy atom. The molecule has 0 bridgehead atoms. The summed E-state index contributed by atoms with van der Waals surface area (Å²) in [5, 5.41) is 0. The minimum Gasteiger partial charge on any atom is -0.477 e. The minimum absolute atomic E-state index is 0.465. The summed E-state index contributed by atoms with van der Waals surface area (Å²) in [4.78, 5) is 4.45. The van der Waals surface area contributed by atoms with Gasteiger partial charge in [-0.15, -0.1) is 0 Å². The van der Waals surface area contributed by atoms with Gasteiger partial charge in [-0.05, 0) is 43.9 Å². The monoisotopic (exact) mass is 270 g/mol. The Balaban J connectivity index is 1.91. The molecular formula is C17H22N2O. The second kappa shape index (κ2) is 7.06. The summed E-state index contributed by atoms with van der Waals surface area (Å²) >= 11 is 0. The van der Waals surface area contributed by atoms with Gasteiger partial charge in [-0.2, -0.15) is 0 Å². The van der Waals surface area contributed by atoms with E-state index in [-0.39, 0.29) is 0 Å². The van der Waals surface area contributed by atoms with E-state index >= 15 is 0 Å². The molecule has 0 atom stereocenters. The normalized spacial score (nSPS) is 10.6. The average molecular weight is 270 g/mol. The molecule has 0 aliphatic rings. The van der Waals surface area contributed by atoms with Crippen LogP contribution < -0.4 is 10.5 Å². The number of nitrogens with zero attached hydrogens (tertiary/aromatic N) is 1. The Labute approximate surface area is 120 Å². The van der Waals surface area contributed by atoms with Crippen LogP contribution in [-0.4, -0.2) is 11.6 Å². The molecular weight excluding hydrogens is 248 g/mol. The van der Waals surface area contributed by atoms with Gasteiger partial charge in [0.2, 0.25) is 5.88 Å². The van der Waals surface area contributed by atoms with E-state index in [4.69, 9.17) is 10.5 Å². The van der Waals surface area contributed by atoms with Crippen LogP contribution in [0.5, 0.6) is 5.88 Å². The third-order valence-electron chi connectivity index (χ3n) is 3.33. The number of aromatic nitrogens is 1. The third-order valence-corrected chi connectivity index (χ3v) is 3.33. The Kier molecular flexibility index (Phi) is 5.13. The fourth-order valence-corrected chi connectivity index (χ4v) is 2.29. The highest BCUT2D eigenvalue weighted by molar-refractivity contribution is 5.35. The third kappa shape index (κ3) is 3.81. The van der Waals surface area contributed by atoms with Crippen molar-refractivity contribution in [2.75, 3.05) is 6.61 Å². The molecule has 0 saturated carbocycles. The van der Waals surface area contributed by atoms with E-state index in [9.17, 15) is 0 Å². The largest absolute Gasteiger partial charge is 0.477 e. The topological polar surface area (TPSA) is 48.1 Å². The van der Waals surface area contributed by atoms with Crippen molar-refractivity contribution in [3.63, 3.8) is 0 Å². The number of nitrogens with two attached hydrogens (primary N) is 1. The zero-order valence-corrected chi connectivity index (χ0v) is 12.2. The van der Waals surface area contributed by atoms with Gasteiger partial charge in [0.25, 0.3) is 0 Å². The minimum atomic E-state index is 0.465. The fourth-order valence-electron chi connectivity index (χ4n) is 2.29. The van der Waals surface area contributed by atoms with Crippen molar-refractivity contribution in [1.82, 2.24) is 4.98 Å². The number of benzene rings is 1. The lowest BCUT2D eigenvalue weighted by Gasteiger charge is -2.12. The Bertz CT molecular complexity index is 552. The lowest BCUT2D eigenvalue weighted by atomic mass is 10.1. The SMILES string of the molecule is Cc1cc(C)c(CN)c(OCCCc2ccccc2)n1. The van der Waals surface area contributed by atoms with Crippen LogP contribution in [0.2, 0.25) is 0 Å². The van der Waals surface area contributed by atoms with Crippen LogP contribution in [0, 0.1) is 13.8 Å². The van der Waals surface area contributed by atoms with Crippen molar-refractivity contribution in [2.45, 2.75) is 33.2 Å². The van der Waals surface area contributed by atoms with Gasteiger partial charge < -0.3 is 10.5 Å². The summed E-state index contributed by atoms with van der Waals surface area (Å²) < 4.78 is 5.82. The van der Waals surface area contributed by atoms with Gasteiger partial charge in [0, 0.05) is 17.8 Å². The molecule has 0 saturated heterocycles. The molecule has 2 aromatic rings. The molecule has 0 amide bonds. The molecule has 106 valence electrons. The van der Waals surface area contributed by atoms with Crippen molar-refractivity contribution in [1.29, 1.82) is 0 Å². The van der Waals surface area contributed by atoms with E-state index in [1.807, 2.05) is 26.0 Å². The van der Waals surface area contributed by atoms with E-state index < -0.39 is 0 Å². The van der Waals surface area contributed by atoms with Gasteiger partial charge in [-0.1, -0.05) is 30.3 Å². The van der Waals surface area contributed by atoms with Crippen LogP contribution in [0.1, 0.15) is 28.8 Å². The molecule has 1 heterocycles. The van der Waals surface area contributed by atoms with E-state index in [1.54, 1.807) is 0 Å². The van der Waals surface area contributed by atoms with Gasteiger partial charge in [0.1, 0.15) is 0 Å². The molecule has 20 heavy (non-hydrogen) atoms. The molecule has 0 radical (unpaired) electrons. The van der Waals surface area contributed by atoms with Gasteiger partial charge in [-0.3, -0.25) is 0 Å². The first-order valence-corrected chi connectivity index (χ1v) is 7.04. The first-order valence-electron chi connectivity index (χ1n) is 7.04. The molecule has 0 unspecified atom stereocenters. The predicted octanol–water partition coefficient (Wildman–Crippen LogP) is 3.17. The smallest absolute Gasteiger partial charge is 0.218 e. The maximum atomic E-state index is 5.82. The summed E-state index contributed by atoms with van der Waals surface area (Å²) in [7, 11) is 0. The lowest BCUT2D eigenvalue weighted by molar-refractivity contribution is 0.295. The van der Waals surface area contributed by atoms with Crippen LogP contribution in [-0.2, 0) is 13.0 Å². The van der Waals surface area contributed by atoms with Crippen LogP contribution in [0.15, 0.2) is 36.4 Å². The Morgan fingerprint density at radius 3 is 2.60 bits per heavy atom. The highest BCUT2D eigenvalue weighted by atomic mass is 16.5. The van der Waals surface area contributed by atoms with Crippen molar-refractivity contribution in [2.24, 2.45) is 5.73 Å². The number of hydrogen-bond donors (Lipinski definition) is 1. The molecule has 0 fully saturated rings. The molecule has 0 aliphatic carbocycles. The van der Waals surface area contributed by atoms with Gasteiger partial charge in [0.05, 0.1) is 6.61 Å². The number of rotatable bonds is 6. The van der Waals surface area contributed by atoms with Crippen LogP contribution in [0.4, 0.5) is 0 Å². The maximum Gasteiger partial charge on any atom is 0.218 e.